The lowest BCUT2D eigenvalue weighted by atomic mass is 9.94. The van der Waals surface area contributed by atoms with Gasteiger partial charge in [0.05, 0.1) is 31.6 Å². The number of aromatic hydroxyl groups is 1. The van der Waals surface area contributed by atoms with Crippen molar-refractivity contribution >= 4 is 82.8 Å². The third-order valence-electron chi connectivity index (χ3n) is 16.3. The van der Waals surface area contributed by atoms with E-state index < -0.39 is 206 Å². The second kappa shape index (κ2) is 45.3. The zero-order valence-electron chi connectivity index (χ0n) is 57.8. The number of carboxylic acids is 2. The van der Waals surface area contributed by atoms with Crippen molar-refractivity contribution in [2.75, 3.05) is 26.2 Å². The number of aliphatic hydroxyl groups is 2. The molecule has 0 saturated heterocycles. The fraction of sp³-hybridized carbons (Fsp3) is 0.641. The van der Waals surface area contributed by atoms with Gasteiger partial charge in [0.1, 0.15) is 66.2 Å². The van der Waals surface area contributed by atoms with Gasteiger partial charge in [0.25, 0.3) is 0 Å². The highest BCUT2D eigenvalue weighted by Gasteiger charge is 2.38. The minimum absolute atomic E-state index is 0.0538. The van der Waals surface area contributed by atoms with Crippen LogP contribution in [0.3, 0.4) is 0 Å². The van der Waals surface area contributed by atoms with Crippen molar-refractivity contribution in [2.24, 2.45) is 40.7 Å². The molecule has 1 aromatic carbocycles. The Balaban J connectivity index is 2.35. The summed E-state index contributed by atoms with van der Waals surface area (Å²) in [5.41, 5.74) is 23.6. The number of imidazole rings is 1. The van der Waals surface area contributed by atoms with Gasteiger partial charge in [0, 0.05) is 37.6 Å². The molecule has 0 aliphatic carbocycles. The van der Waals surface area contributed by atoms with Crippen LogP contribution in [0.25, 0.3) is 0 Å². The number of nitrogens with one attached hydrogen (secondary N) is 12. The highest BCUT2D eigenvalue weighted by molar-refractivity contribution is 5.99. The van der Waals surface area contributed by atoms with Crippen molar-refractivity contribution in [2.45, 2.75) is 217 Å². The van der Waals surface area contributed by atoms with Gasteiger partial charge in [-0.15, -0.1) is 0 Å². The van der Waals surface area contributed by atoms with Crippen LogP contribution < -0.4 is 81.4 Å². The first kappa shape index (κ1) is 86.7. The summed E-state index contributed by atoms with van der Waals surface area (Å²) in [6.07, 6.45) is 0.658. The number of unbranched alkanes of at least 4 members (excludes halogenated alkanes) is 2. The van der Waals surface area contributed by atoms with E-state index in [9.17, 15) is 92.7 Å². The number of hydrogen-bond acceptors (Lipinski definition) is 21. The molecule has 0 aliphatic heterocycles. The zero-order valence-corrected chi connectivity index (χ0v) is 57.8. The normalized spacial score (nSPS) is 15.4. The molecular weight excluding hydrogens is 1310 g/mol. The Hall–Kier alpha value is -9.39. The van der Waals surface area contributed by atoms with Crippen LogP contribution in [0.1, 0.15) is 143 Å². The van der Waals surface area contributed by atoms with E-state index in [1.165, 1.54) is 36.8 Å². The summed E-state index contributed by atoms with van der Waals surface area (Å²) in [5, 5.41) is 77.4. The first-order valence-electron chi connectivity index (χ1n) is 33.4. The first-order chi connectivity index (χ1) is 47.2. The molecule has 36 nitrogen and oxygen atoms in total. The van der Waals surface area contributed by atoms with Crippen LogP contribution in [-0.4, -0.2) is 217 Å². The lowest BCUT2D eigenvalue weighted by molar-refractivity contribution is -0.142. The van der Waals surface area contributed by atoms with E-state index in [1.807, 2.05) is 0 Å². The SMILES string of the molecule is CC[C@H](C)[C@H](NC(=O)[C@H](CC(C)C)NC(=O)[C@H](CCC(=O)O)NC(=O)[C@H](CCCCN)NC(=O)CNC(=O)[C@@H](NC(=O)[C@H](CCC(N)=O)NC(=O)[C@H](CO)NC(=O)[C@H](Cc1ccc(O)cc1)NC(=O)[C@@H](N)CCCCN)[C@@H](C)O)C(=O)N[C@H](C(=O)N[C@@H](Cc1cnc[nH]1)C(=O)O)[C@@H](C)CC. The summed E-state index contributed by atoms with van der Waals surface area (Å²) in [5.74, 6) is -16.1. The number of H-pyrrole nitrogens is 1. The summed E-state index contributed by atoms with van der Waals surface area (Å²) in [4.78, 5) is 195. The molecule has 1 aromatic heterocycles. The van der Waals surface area contributed by atoms with Crippen molar-refractivity contribution < 1.29 is 92.7 Å². The number of aliphatic hydroxyl groups excluding tert-OH is 2. The van der Waals surface area contributed by atoms with Crippen LogP contribution >= 0.6 is 0 Å². The molecular formula is C64H105N17O19. The Morgan fingerprint density at radius 2 is 0.980 bits per heavy atom. The van der Waals surface area contributed by atoms with Crippen molar-refractivity contribution in [3.05, 3.63) is 48.0 Å². The van der Waals surface area contributed by atoms with E-state index in [-0.39, 0.29) is 56.7 Å². The van der Waals surface area contributed by atoms with Crippen LogP contribution in [0.4, 0.5) is 0 Å². The predicted octanol–water partition coefficient (Wildman–Crippen LogP) is -4.82. The summed E-state index contributed by atoms with van der Waals surface area (Å²) in [6.45, 7) is 9.83. The Morgan fingerprint density at radius 3 is 1.48 bits per heavy atom. The van der Waals surface area contributed by atoms with Crippen LogP contribution in [0.2, 0.25) is 0 Å². The highest BCUT2D eigenvalue weighted by atomic mass is 16.4. The number of phenolic OH excluding ortho intramolecular Hbond substituents is 1. The number of aromatic amines is 1. The third kappa shape index (κ3) is 31.6. The van der Waals surface area contributed by atoms with Gasteiger partial charge in [-0.25, -0.2) is 9.78 Å². The molecule has 0 saturated carbocycles. The molecule has 1 heterocycles. The molecule has 560 valence electrons. The smallest absolute Gasteiger partial charge is 0.326 e. The van der Waals surface area contributed by atoms with Gasteiger partial charge < -0.3 is 112 Å². The number of primary amides is 1. The molecule has 2 rings (SSSR count). The number of amides is 12. The minimum atomic E-state index is -1.90. The summed E-state index contributed by atoms with van der Waals surface area (Å²) < 4.78 is 0. The second-order valence-corrected chi connectivity index (χ2v) is 25.1. The van der Waals surface area contributed by atoms with Crippen LogP contribution in [0.5, 0.6) is 5.75 Å². The number of carbonyl (C=O) groups is 14. The molecule has 0 unspecified atom stereocenters. The molecule has 0 radical (unpaired) electrons. The Kier molecular flexibility index (Phi) is 39.3. The standard InChI is InChI=1S/C64H105N17O19/c1-8-34(5)51(62(97)77-46(64(99)100)28-38-29-69-32-71-38)80-63(98)52(35(6)9-2)79-59(94)44(26-33(3)4)76-56(91)43(21-23-50(87)88)73-55(90)41(15-11-13-25-66)72-49(86)30-70-61(96)53(36(7)83)81-57(92)42(20-22-48(68)85)74-60(95)47(31-82)78-58(93)45(27-37-16-18-39(84)19-17-37)75-54(89)40(67)14-10-12-24-65/h16-19,29,32-36,40-47,51-53,82-84H,8-15,20-28,30-31,65-67H2,1-7H3,(H2,68,85)(H,69,71)(H,70,96)(H,72,86)(H,73,90)(H,74,95)(H,75,89)(H,76,91)(H,77,97)(H,78,93)(H,79,94)(H,80,98)(H,81,92)(H,87,88)(H,99,100)/t34-,35-,36+,40-,41-,42-,43-,44-,45-,46-,47-,51-,52-,53-/m0/s1. The van der Waals surface area contributed by atoms with Gasteiger partial charge in [-0.3, -0.25) is 62.3 Å². The summed E-state index contributed by atoms with van der Waals surface area (Å²) in [6, 6.07) is -11.0. The lowest BCUT2D eigenvalue weighted by Crippen LogP contribution is -2.61. The molecule has 14 atom stereocenters. The van der Waals surface area contributed by atoms with Gasteiger partial charge >= 0.3 is 11.9 Å². The Bertz CT molecular complexity index is 3010. The average Bonchev–Trinajstić information content (AvgIpc) is 0.862. The van der Waals surface area contributed by atoms with Crippen LogP contribution in [-0.2, 0) is 80.0 Å². The maximum atomic E-state index is 14.3. The van der Waals surface area contributed by atoms with Gasteiger partial charge in [-0.2, -0.15) is 0 Å². The fourth-order valence-electron chi connectivity index (χ4n) is 10.00. The Labute approximate surface area is 580 Å². The van der Waals surface area contributed by atoms with Crippen LogP contribution in [0.15, 0.2) is 36.8 Å². The van der Waals surface area contributed by atoms with E-state index in [0.29, 0.717) is 49.9 Å². The van der Waals surface area contributed by atoms with Crippen molar-refractivity contribution in [3.8, 4) is 5.75 Å². The van der Waals surface area contributed by atoms with Gasteiger partial charge in [-0.1, -0.05) is 72.9 Å². The van der Waals surface area contributed by atoms with Gasteiger partial charge in [-0.05, 0) is 107 Å². The first-order valence-corrected chi connectivity index (χ1v) is 33.4. The number of rotatable bonds is 49. The monoisotopic (exact) mass is 1420 g/mol. The fourth-order valence-corrected chi connectivity index (χ4v) is 10.00. The molecule has 0 bridgehead atoms. The Morgan fingerprint density at radius 1 is 0.520 bits per heavy atom. The minimum Gasteiger partial charge on any atom is -0.508 e. The molecule has 25 N–H and O–H groups in total. The maximum Gasteiger partial charge on any atom is 0.326 e. The number of nitrogens with two attached hydrogens (primary N) is 4. The molecule has 12 amide bonds. The molecule has 0 fully saturated rings. The predicted molar refractivity (Wildman–Crippen MR) is 360 cm³/mol. The van der Waals surface area contributed by atoms with Crippen molar-refractivity contribution in [1.29, 1.82) is 0 Å². The maximum absolute atomic E-state index is 14.3. The van der Waals surface area contributed by atoms with E-state index in [4.69, 9.17) is 22.9 Å². The quantitative estimate of drug-likeness (QED) is 0.0276. The molecule has 0 aliphatic rings. The number of phenols is 1. The van der Waals surface area contributed by atoms with E-state index in [2.05, 4.69) is 68.5 Å². The molecule has 2 aromatic rings. The van der Waals surface area contributed by atoms with Gasteiger partial charge in [0.2, 0.25) is 70.9 Å². The lowest BCUT2D eigenvalue weighted by Gasteiger charge is -2.31. The summed E-state index contributed by atoms with van der Waals surface area (Å²) in [7, 11) is 0. The number of carboxylic acid groups (broad SMARTS) is 2. The third-order valence-corrected chi connectivity index (χ3v) is 16.3. The highest BCUT2D eigenvalue weighted by Crippen LogP contribution is 2.17. The number of hydrogen-bond donors (Lipinski definition) is 21. The average molecular weight is 1420 g/mol. The molecule has 36 heteroatoms. The van der Waals surface area contributed by atoms with Crippen LogP contribution in [0, 0.1) is 17.8 Å². The molecule has 100 heavy (non-hydrogen) atoms. The number of nitrogens with zero attached hydrogens (tertiary/aromatic N) is 1. The van der Waals surface area contributed by atoms with E-state index >= 15 is 0 Å². The zero-order chi connectivity index (χ0) is 75.3. The van der Waals surface area contributed by atoms with E-state index in [0.717, 1.165) is 6.92 Å². The van der Waals surface area contributed by atoms with Crippen molar-refractivity contribution in [3.63, 3.8) is 0 Å². The number of carbonyl (C=O) groups excluding carboxylic acids is 12. The number of benzene rings is 1. The topological polar surface area (TPSA) is 605 Å². The van der Waals surface area contributed by atoms with Gasteiger partial charge in [0.15, 0.2) is 0 Å². The number of aliphatic carboxylic acids is 2. The van der Waals surface area contributed by atoms with E-state index in [1.54, 1.807) is 41.5 Å². The second-order valence-electron chi connectivity index (χ2n) is 25.1. The molecule has 0 spiro atoms. The summed E-state index contributed by atoms with van der Waals surface area (Å²) >= 11 is 0. The largest absolute Gasteiger partial charge is 0.508 e. The number of aromatic nitrogens is 2. The van der Waals surface area contributed by atoms with Crippen molar-refractivity contribution in [1.82, 2.24) is 68.5 Å².